The highest BCUT2D eigenvalue weighted by Gasteiger charge is 1.99. The van der Waals surface area contributed by atoms with Crippen LogP contribution in [0.4, 0.5) is 10.1 Å². The van der Waals surface area contributed by atoms with E-state index in [4.69, 9.17) is 5.73 Å². The molecule has 0 saturated heterocycles. The second-order valence-corrected chi connectivity index (χ2v) is 3.33. The molecule has 0 radical (unpaired) electrons. The molecular weight excluding hydrogens is 179 g/mol. The van der Waals surface area contributed by atoms with Gasteiger partial charge in [0.15, 0.2) is 0 Å². The van der Waals surface area contributed by atoms with Gasteiger partial charge in [-0.05, 0) is 24.1 Å². The quantitative estimate of drug-likeness (QED) is 0.779. The van der Waals surface area contributed by atoms with Crippen LogP contribution in [0, 0.1) is 0 Å². The summed E-state index contributed by atoms with van der Waals surface area (Å²) in [4.78, 5) is 2.04. The van der Waals surface area contributed by atoms with E-state index in [0.717, 1.165) is 17.8 Å². The van der Waals surface area contributed by atoms with E-state index >= 15 is 0 Å². The first-order chi connectivity index (χ1) is 6.77. The van der Waals surface area contributed by atoms with E-state index in [2.05, 4.69) is 0 Å². The molecule has 1 rings (SSSR count). The average Bonchev–Trinajstić information content (AvgIpc) is 2.26. The maximum Gasteiger partial charge on any atom is 0.0911 e. The Morgan fingerprint density at radius 3 is 2.43 bits per heavy atom. The van der Waals surface area contributed by atoms with Gasteiger partial charge in [0.1, 0.15) is 0 Å². The molecule has 2 N–H and O–H groups in total. The van der Waals surface area contributed by atoms with E-state index in [1.165, 1.54) is 0 Å². The smallest absolute Gasteiger partial charge is 0.0911 e. The third-order valence-corrected chi connectivity index (χ3v) is 2.24. The summed E-state index contributed by atoms with van der Waals surface area (Å²) in [6.45, 7) is 1.05. The van der Waals surface area contributed by atoms with Crippen molar-refractivity contribution in [2.75, 3.05) is 25.2 Å². The summed E-state index contributed by atoms with van der Waals surface area (Å²) in [5, 5.41) is 0. The van der Waals surface area contributed by atoms with Gasteiger partial charge in [0.2, 0.25) is 0 Å². The van der Waals surface area contributed by atoms with Crippen LogP contribution in [0.25, 0.3) is 0 Å². The lowest BCUT2D eigenvalue weighted by Gasteiger charge is -2.18. The van der Waals surface area contributed by atoms with Crippen molar-refractivity contribution in [1.29, 1.82) is 0 Å². The SMILES string of the molecule is CN(CCCF)c1ccc(CN)cc1. The Kier molecular flexibility index (Phi) is 4.40. The van der Waals surface area contributed by atoms with Gasteiger partial charge in [-0.25, -0.2) is 0 Å². The molecule has 0 saturated carbocycles. The third kappa shape index (κ3) is 3.00. The molecular formula is C11H17FN2. The van der Waals surface area contributed by atoms with E-state index in [1.54, 1.807) is 0 Å². The highest BCUT2D eigenvalue weighted by atomic mass is 19.1. The van der Waals surface area contributed by atoms with Crippen molar-refractivity contribution in [2.24, 2.45) is 5.73 Å². The summed E-state index contributed by atoms with van der Waals surface area (Å²) in [6, 6.07) is 8.03. The number of halogens is 1. The molecule has 0 aromatic heterocycles. The number of alkyl halides is 1. The van der Waals surface area contributed by atoms with Gasteiger partial charge in [-0.3, -0.25) is 4.39 Å². The van der Waals surface area contributed by atoms with Gasteiger partial charge in [0.25, 0.3) is 0 Å². The first-order valence-electron chi connectivity index (χ1n) is 4.84. The Labute approximate surface area is 84.5 Å². The minimum atomic E-state index is -0.259. The summed E-state index contributed by atoms with van der Waals surface area (Å²) >= 11 is 0. The van der Waals surface area contributed by atoms with E-state index < -0.39 is 0 Å². The number of hydrogen-bond donors (Lipinski definition) is 1. The topological polar surface area (TPSA) is 29.3 Å². The molecule has 0 bridgehead atoms. The van der Waals surface area contributed by atoms with Crippen molar-refractivity contribution in [1.82, 2.24) is 0 Å². The number of nitrogens with zero attached hydrogens (tertiary/aromatic N) is 1. The van der Waals surface area contributed by atoms with Gasteiger partial charge < -0.3 is 10.6 Å². The van der Waals surface area contributed by atoms with E-state index in [9.17, 15) is 4.39 Å². The molecule has 0 aliphatic heterocycles. The van der Waals surface area contributed by atoms with Crippen LogP contribution in [0.5, 0.6) is 0 Å². The number of nitrogens with two attached hydrogens (primary N) is 1. The van der Waals surface area contributed by atoms with Crippen LogP contribution in [0.15, 0.2) is 24.3 Å². The monoisotopic (exact) mass is 196 g/mol. The van der Waals surface area contributed by atoms with Gasteiger partial charge in [0.05, 0.1) is 6.67 Å². The molecule has 2 nitrogen and oxygen atoms in total. The maximum absolute atomic E-state index is 11.9. The van der Waals surface area contributed by atoms with Gasteiger partial charge in [0, 0.05) is 25.8 Å². The zero-order chi connectivity index (χ0) is 10.4. The minimum Gasteiger partial charge on any atom is -0.375 e. The largest absolute Gasteiger partial charge is 0.375 e. The lowest BCUT2D eigenvalue weighted by molar-refractivity contribution is 0.474. The molecule has 0 spiro atoms. The van der Waals surface area contributed by atoms with Crippen LogP contribution in [0.2, 0.25) is 0 Å². The molecule has 0 aliphatic carbocycles. The highest BCUT2D eigenvalue weighted by molar-refractivity contribution is 5.46. The molecule has 14 heavy (non-hydrogen) atoms. The molecule has 0 aliphatic rings. The minimum absolute atomic E-state index is 0.259. The summed E-state index contributed by atoms with van der Waals surface area (Å²) < 4.78 is 11.9. The standard InChI is InChI=1S/C11H17FN2/c1-14(8-2-7-12)11-5-3-10(9-13)4-6-11/h3-6H,2,7-9,13H2,1H3. The Balaban J connectivity index is 2.57. The molecule has 1 aromatic carbocycles. The molecule has 0 amide bonds. The van der Waals surface area contributed by atoms with Gasteiger partial charge in [-0.2, -0.15) is 0 Å². The zero-order valence-electron chi connectivity index (χ0n) is 8.54. The van der Waals surface area contributed by atoms with E-state index in [1.807, 2.05) is 36.2 Å². The van der Waals surface area contributed by atoms with Crippen LogP contribution in [0.3, 0.4) is 0 Å². The van der Waals surface area contributed by atoms with Crippen LogP contribution in [0.1, 0.15) is 12.0 Å². The molecule has 0 heterocycles. The summed E-state index contributed by atoms with van der Waals surface area (Å²) in [6.07, 6.45) is 0.579. The Hall–Kier alpha value is -1.09. The number of benzene rings is 1. The summed E-state index contributed by atoms with van der Waals surface area (Å²) in [5.74, 6) is 0. The lowest BCUT2D eigenvalue weighted by Crippen LogP contribution is -2.18. The zero-order valence-corrected chi connectivity index (χ0v) is 8.54. The summed E-state index contributed by atoms with van der Waals surface area (Å²) in [7, 11) is 1.97. The molecule has 78 valence electrons. The second kappa shape index (κ2) is 5.60. The van der Waals surface area contributed by atoms with Gasteiger partial charge in [-0.1, -0.05) is 12.1 Å². The molecule has 0 unspecified atom stereocenters. The normalized spacial score (nSPS) is 10.2. The first kappa shape index (κ1) is 11.0. The number of anilines is 1. The maximum atomic E-state index is 11.9. The molecule has 0 fully saturated rings. The van der Waals surface area contributed by atoms with Crippen LogP contribution >= 0.6 is 0 Å². The van der Waals surface area contributed by atoms with Gasteiger partial charge in [-0.15, -0.1) is 0 Å². The Morgan fingerprint density at radius 1 is 1.29 bits per heavy atom. The fourth-order valence-corrected chi connectivity index (χ4v) is 1.31. The summed E-state index contributed by atoms with van der Waals surface area (Å²) in [5.41, 5.74) is 7.72. The van der Waals surface area contributed by atoms with Crippen molar-refractivity contribution in [2.45, 2.75) is 13.0 Å². The van der Waals surface area contributed by atoms with Crippen LogP contribution < -0.4 is 10.6 Å². The van der Waals surface area contributed by atoms with Crippen LogP contribution in [-0.4, -0.2) is 20.3 Å². The van der Waals surface area contributed by atoms with Crippen molar-refractivity contribution in [3.63, 3.8) is 0 Å². The lowest BCUT2D eigenvalue weighted by atomic mass is 10.2. The van der Waals surface area contributed by atoms with E-state index in [0.29, 0.717) is 13.0 Å². The van der Waals surface area contributed by atoms with E-state index in [-0.39, 0.29) is 6.67 Å². The van der Waals surface area contributed by atoms with Gasteiger partial charge >= 0.3 is 0 Å². The van der Waals surface area contributed by atoms with Crippen molar-refractivity contribution < 1.29 is 4.39 Å². The molecule has 1 aromatic rings. The third-order valence-electron chi connectivity index (χ3n) is 2.24. The number of rotatable bonds is 5. The number of hydrogen-bond acceptors (Lipinski definition) is 2. The Morgan fingerprint density at radius 2 is 1.93 bits per heavy atom. The first-order valence-corrected chi connectivity index (χ1v) is 4.84. The van der Waals surface area contributed by atoms with Crippen molar-refractivity contribution in [3.8, 4) is 0 Å². The predicted molar refractivity (Wildman–Crippen MR) is 58.2 cm³/mol. The second-order valence-electron chi connectivity index (χ2n) is 3.33. The average molecular weight is 196 g/mol. The molecule has 3 heteroatoms. The highest BCUT2D eigenvalue weighted by Crippen LogP contribution is 2.13. The fraction of sp³-hybridized carbons (Fsp3) is 0.455. The predicted octanol–water partition coefficient (Wildman–Crippen LogP) is 1.94. The van der Waals surface area contributed by atoms with Crippen molar-refractivity contribution >= 4 is 5.69 Å². The fourth-order valence-electron chi connectivity index (χ4n) is 1.31. The Bertz CT molecular complexity index is 258. The molecule has 0 atom stereocenters. The van der Waals surface area contributed by atoms with Crippen molar-refractivity contribution in [3.05, 3.63) is 29.8 Å². The van der Waals surface area contributed by atoms with Crippen LogP contribution in [-0.2, 0) is 6.54 Å².